The second-order valence-electron chi connectivity index (χ2n) is 7.40. The van der Waals surface area contributed by atoms with Crippen LogP contribution in [-0.4, -0.2) is 28.2 Å². The van der Waals surface area contributed by atoms with Crippen LogP contribution in [0.2, 0.25) is 0 Å². The van der Waals surface area contributed by atoms with E-state index >= 15 is 0 Å². The highest BCUT2D eigenvalue weighted by atomic mass is 16.2. The number of amides is 1. The fraction of sp³-hybridized carbons (Fsp3) is 0.160. The molecule has 0 unspecified atom stereocenters. The standard InChI is InChI=1S/C25H23N3O2/c1-16-11-12-17(2)20(15-16)24(29)18-7-3-4-8-19(18)25(30)26-14-13-23-27-21-9-5-6-10-22(21)28-23/h3-12,15H,13-14H2,1-2H3,(H,26,30)(H,27,28). The van der Waals surface area contributed by atoms with Crippen LogP contribution in [-0.2, 0) is 6.42 Å². The Balaban J connectivity index is 1.49. The number of carbonyl (C=O) groups is 2. The van der Waals surface area contributed by atoms with Crippen molar-refractivity contribution in [1.82, 2.24) is 15.3 Å². The number of hydrogen-bond acceptors (Lipinski definition) is 3. The number of aryl methyl sites for hydroxylation is 2. The number of aromatic nitrogens is 2. The number of ketones is 1. The molecule has 0 radical (unpaired) electrons. The summed E-state index contributed by atoms with van der Waals surface area (Å²) in [6.07, 6.45) is 0.577. The van der Waals surface area contributed by atoms with E-state index in [2.05, 4.69) is 15.3 Å². The molecule has 4 aromatic rings. The lowest BCUT2D eigenvalue weighted by molar-refractivity contribution is 0.0942. The molecule has 0 fully saturated rings. The zero-order valence-electron chi connectivity index (χ0n) is 17.0. The van der Waals surface area contributed by atoms with Crippen molar-refractivity contribution >= 4 is 22.7 Å². The molecule has 2 N–H and O–H groups in total. The summed E-state index contributed by atoms with van der Waals surface area (Å²) >= 11 is 0. The van der Waals surface area contributed by atoms with E-state index in [1.807, 2.05) is 56.3 Å². The molecule has 3 aromatic carbocycles. The average Bonchev–Trinajstić information content (AvgIpc) is 3.17. The van der Waals surface area contributed by atoms with Gasteiger partial charge in [-0.2, -0.15) is 0 Å². The van der Waals surface area contributed by atoms with Gasteiger partial charge in [-0.1, -0.05) is 48.0 Å². The van der Waals surface area contributed by atoms with Crippen molar-refractivity contribution in [1.29, 1.82) is 0 Å². The van der Waals surface area contributed by atoms with E-state index < -0.39 is 0 Å². The molecule has 0 aliphatic heterocycles. The van der Waals surface area contributed by atoms with Crippen LogP contribution in [0.25, 0.3) is 11.0 Å². The first kappa shape index (κ1) is 19.6. The summed E-state index contributed by atoms with van der Waals surface area (Å²) in [4.78, 5) is 33.7. The summed E-state index contributed by atoms with van der Waals surface area (Å²) in [6.45, 7) is 4.28. The molecule has 1 aromatic heterocycles. The Bertz CT molecular complexity index is 1210. The summed E-state index contributed by atoms with van der Waals surface area (Å²) in [5.74, 6) is 0.413. The predicted octanol–water partition coefficient (Wildman–Crippen LogP) is 4.38. The van der Waals surface area contributed by atoms with Crippen molar-refractivity contribution in [2.75, 3.05) is 6.54 Å². The van der Waals surface area contributed by atoms with E-state index in [1.54, 1.807) is 24.3 Å². The van der Waals surface area contributed by atoms with Crippen LogP contribution in [0.4, 0.5) is 0 Å². The number of fused-ring (bicyclic) bond motifs is 1. The number of para-hydroxylation sites is 2. The number of H-pyrrole nitrogens is 1. The van der Waals surface area contributed by atoms with Gasteiger partial charge in [0.05, 0.1) is 16.6 Å². The van der Waals surface area contributed by atoms with Gasteiger partial charge < -0.3 is 10.3 Å². The van der Waals surface area contributed by atoms with Gasteiger partial charge in [0.15, 0.2) is 5.78 Å². The van der Waals surface area contributed by atoms with Crippen LogP contribution in [0.1, 0.15) is 43.2 Å². The Morgan fingerprint density at radius 2 is 1.63 bits per heavy atom. The van der Waals surface area contributed by atoms with Gasteiger partial charge in [0.25, 0.3) is 5.91 Å². The number of benzene rings is 3. The number of imidazole rings is 1. The Labute approximate surface area is 175 Å². The van der Waals surface area contributed by atoms with E-state index in [0.717, 1.165) is 28.0 Å². The summed E-state index contributed by atoms with van der Waals surface area (Å²) in [5, 5.41) is 2.91. The van der Waals surface area contributed by atoms with Crippen LogP contribution >= 0.6 is 0 Å². The number of hydrogen-bond donors (Lipinski definition) is 2. The molecule has 150 valence electrons. The van der Waals surface area contributed by atoms with E-state index in [0.29, 0.717) is 29.7 Å². The molecule has 0 bridgehead atoms. The maximum absolute atomic E-state index is 13.1. The third kappa shape index (κ3) is 4.01. The second kappa shape index (κ2) is 8.33. The molecule has 0 spiro atoms. The van der Waals surface area contributed by atoms with Gasteiger partial charge in [-0.05, 0) is 43.7 Å². The van der Waals surface area contributed by atoms with Gasteiger partial charge in [-0.15, -0.1) is 0 Å². The van der Waals surface area contributed by atoms with Crippen molar-refractivity contribution in [2.45, 2.75) is 20.3 Å². The molecule has 0 aliphatic carbocycles. The molecular weight excluding hydrogens is 374 g/mol. The molecule has 4 rings (SSSR count). The van der Waals surface area contributed by atoms with Crippen molar-refractivity contribution in [3.8, 4) is 0 Å². The molecule has 0 saturated heterocycles. The van der Waals surface area contributed by atoms with Gasteiger partial charge in [0.2, 0.25) is 0 Å². The fourth-order valence-electron chi connectivity index (χ4n) is 3.52. The van der Waals surface area contributed by atoms with Crippen LogP contribution in [0, 0.1) is 13.8 Å². The normalized spacial score (nSPS) is 10.9. The van der Waals surface area contributed by atoms with E-state index in [1.165, 1.54) is 0 Å². The Hall–Kier alpha value is -3.73. The lowest BCUT2D eigenvalue weighted by Gasteiger charge is -2.11. The third-order valence-corrected chi connectivity index (χ3v) is 5.14. The molecule has 30 heavy (non-hydrogen) atoms. The minimum atomic E-state index is -0.264. The van der Waals surface area contributed by atoms with E-state index in [4.69, 9.17) is 0 Å². The summed E-state index contributed by atoms with van der Waals surface area (Å²) < 4.78 is 0. The minimum Gasteiger partial charge on any atom is -0.352 e. The van der Waals surface area contributed by atoms with Crippen LogP contribution in [0.5, 0.6) is 0 Å². The first-order valence-corrected chi connectivity index (χ1v) is 9.96. The van der Waals surface area contributed by atoms with Gasteiger partial charge in [0, 0.05) is 24.1 Å². The quantitative estimate of drug-likeness (QED) is 0.474. The smallest absolute Gasteiger partial charge is 0.252 e. The number of nitrogens with zero attached hydrogens (tertiary/aromatic N) is 1. The minimum absolute atomic E-state index is 0.140. The topological polar surface area (TPSA) is 74.8 Å². The molecule has 1 amide bonds. The Morgan fingerprint density at radius 1 is 0.900 bits per heavy atom. The van der Waals surface area contributed by atoms with Crippen LogP contribution < -0.4 is 5.32 Å². The van der Waals surface area contributed by atoms with Crippen molar-refractivity contribution < 1.29 is 9.59 Å². The molecule has 0 saturated carbocycles. The Morgan fingerprint density at radius 3 is 2.43 bits per heavy atom. The largest absolute Gasteiger partial charge is 0.352 e. The summed E-state index contributed by atoms with van der Waals surface area (Å²) in [5.41, 5.74) is 5.20. The van der Waals surface area contributed by atoms with Gasteiger partial charge in [0.1, 0.15) is 5.82 Å². The van der Waals surface area contributed by atoms with Crippen molar-refractivity contribution in [3.63, 3.8) is 0 Å². The number of nitrogens with one attached hydrogen (secondary N) is 2. The molecule has 0 atom stereocenters. The van der Waals surface area contributed by atoms with Crippen LogP contribution in [0.3, 0.4) is 0 Å². The maximum Gasteiger partial charge on any atom is 0.252 e. The molecule has 0 aliphatic rings. The first-order valence-electron chi connectivity index (χ1n) is 9.96. The van der Waals surface area contributed by atoms with E-state index in [-0.39, 0.29) is 11.7 Å². The zero-order chi connectivity index (χ0) is 21.1. The maximum atomic E-state index is 13.1. The lowest BCUT2D eigenvalue weighted by Crippen LogP contribution is -2.27. The fourth-order valence-corrected chi connectivity index (χ4v) is 3.52. The van der Waals surface area contributed by atoms with E-state index in [9.17, 15) is 9.59 Å². The monoisotopic (exact) mass is 397 g/mol. The van der Waals surface area contributed by atoms with Gasteiger partial charge >= 0.3 is 0 Å². The SMILES string of the molecule is Cc1ccc(C)c(C(=O)c2ccccc2C(=O)NCCc2nc3ccccc3[nH]2)c1. The molecule has 5 heteroatoms. The van der Waals surface area contributed by atoms with Crippen molar-refractivity contribution in [3.05, 3.63) is 100 Å². The van der Waals surface area contributed by atoms with Gasteiger partial charge in [-0.25, -0.2) is 4.98 Å². The average molecular weight is 397 g/mol. The molecule has 5 nitrogen and oxygen atoms in total. The highest BCUT2D eigenvalue weighted by Crippen LogP contribution is 2.19. The number of carbonyl (C=O) groups excluding carboxylic acids is 2. The summed E-state index contributed by atoms with van der Waals surface area (Å²) in [7, 11) is 0. The molecular formula is C25H23N3O2. The lowest BCUT2D eigenvalue weighted by atomic mass is 9.94. The highest BCUT2D eigenvalue weighted by molar-refractivity contribution is 6.15. The number of rotatable bonds is 6. The third-order valence-electron chi connectivity index (χ3n) is 5.14. The predicted molar refractivity (Wildman–Crippen MR) is 118 cm³/mol. The second-order valence-corrected chi connectivity index (χ2v) is 7.40. The Kier molecular flexibility index (Phi) is 5.44. The van der Waals surface area contributed by atoms with Gasteiger partial charge in [-0.3, -0.25) is 9.59 Å². The molecule has 1 heterocycles. The van der Waals surface area contributed by atoms with Crippen LogP contribution in [0.15, 0.2) is 66.7 Å². The summed E-state index contributed by atoms with van der Waals surface area (Å²) in [6, 6.07) is 20.5. The highest BCUT2D eigenvalue weighted by Gasteiger charge is 2.19. The first-order chi connectivity index (χ1) is 14.5. The van der Waals surface area contributed by atoms with Crippen molar-refractivity contribution in [2.24, 2.45) is 0 Å². The number of aromatic amines is 1. The zero-order valence-corrected chi connectivity index (χ0v) is 17.0.